The number of halogens is 2. The van der Waals surface area contributed by atoms with Crippen LogP contribution in [0, 0.1) is 6.92 Å². The standard InChI is InChI=1S/C15H11BrClNO3/c1-8-3-2-4-12(13(8)16)14(19)18-11-6-9(15(20)21)5-10(17)7-11/h2-7H,1H3,(H,18,19)(H,20,21). The molecular formula is C15H11BrClNO3. The Bertz CT molecular complexity index is 731. The van der Waals surface area contributed by atoms with Crippen LogP contribution in [0.25, 0.3) is 0 Å². The maximum atomic E-state index is 12.2. The molecule has 0 aliphatic heterocycles. The van der Waals surface area contributed by atoms with Crippen LogP contribution in [-0.4, -0.2) is 17.0 Å². The van der Waals surface area contributed by atoms with Crippen molar-refractivity contribution in [2.45, 2.75) is 6.92 Å². The molecule has 6 heteroatoms. The van der Waals surface area contributed by atoms with Gasteiger partial charge in [0.2, 0.25) is 0 Å². The molecule has 0 saturated heterocycles. The Morgan fingerprint density at radius 1 is 1.24 bits per heavy atom. The minimum atomic E-state index is -1.11. The number of nitrogens with one attached hydrogen (secondary N) is 1. The van der Waals surface area contributed by atoms with Crippen molar-refractivity contribution in [3.63, 3.8) is 0 Å². The highest BCUT2D eigenvalue weighted by molar-refractivity contribution is 9.10. The van der Waals surface area contributed by atoms with E-state index in [1.54, 1.807) is 12.1 Å². The van der Waals surface area contributed by atoms with Crippen molar-refractivity contribution in [3.8, 4) is 0 Å². The number of rotatable bonds is 3. The van der Waals surface area contributed by atoms with Gasteiger partial charge in [0.1, 0.15) is 0 Å². The van der Waals surface area contributed by atoms with Crippen LogP contribution >= 0.6 is 27.5 Å². The SMILES string of the molecule is Cc1cccc(C(=O)Nc2cc(Cl)cc(C(=O)O)c2)c1Br. The Morgan fingerprint density at radius 2 is 1.95 bits per heavy atom. The van der Waals surface area contributed by atoms with E-state index in [1.807, 2.05) is 13.0 Å². The predicted octanol–water partition coefficient (Wildman–Crippen LogP) is 4.36. The van der Waals surface area contributed by atoms with E-state index in [1.165, 1.54) is 18.2 Å². The molecule has 0 heterocycles. The highest BCUT2D eigenvalue weighted by atomic mass is 79.9. The highest BCUT2D eigenvalue weighted by Crippen LogP contribution is 2.24. The van der Waals surface area contributed by atoms with Crippen LogP contribution < -0.4 is 5.32 Å². The van der Waals surface area contributed by atoms with E-state index in [4.69, 9.17) is 16.7 Å². The third-order valence-corrected chi connectivity index (χ3v) is 4.11. The summed E-state index contributed by atoms with van der Waals surface area (Å²) >= 11 is 9.22. The second-order valence-corrected chi connectivity index (χ2v) is 5.65. The molecule has 0 aliphatic carbocycles. The topological polar surface area (TPSA) is 66.4 Å². The molecule has 1 amide bonds. The van der Waals surface area contributed by atoms with E-state index in [0.29, 0.717) is 15.7 Å². The van der Waals surface area contributed by atoms with Crippen LogP contribution in [-0.2, 0) is 0 Å². The maximum absolute atomic E-state index is 12.2. The summed E-state index contributed by atoms with van der Waals surface area (Å²) in [6.07, 6.45) is 0. The number of carbonyl (C=O) groups excluding carboxylic acids is 1. The lowest BCUT2D eigenvalue weighted by molar-refractivity contribution is 0.0696. The Hall–Kier alpha value is -1.85. The molecule has 0 aromatic heterocycles. The van der Waals surface area contributed by atoms with Gasteiger partial charge in [-0.05, 0) is 52.7 Å². The number of aryl methyl sites for hydroxylation is 1. The third-order valence-electron chi connectivity index (χ3n) is 2.84. The van der Waals surface area contributed by atoms with E-state index in [2.05, 4.69) is 21.2 Å². The minimum Gasteiger partial charge on any atom is -0.478 e. The average Bonchev–Trinajstić information content (AvgIpc) is 2.41. The molecule has 21 heavy (non-hydrogen) atoms. The van der Waals surface area contributed by atoms with E-state index >= 15 is 0 Å². The number of amides is 1. The van der Waals surface area contributed by atoms with Crippen molar-refractivity contribution in [2.24, 2.45) is 0 Å². The molecule has 0 radical (unpaired) electrons. The first-order valence-electron chi connectivity index (χ1n) is 5.99. The summed E-state index contributed by atoms with van der Waals surface area (Å²) in [6.45, 7) is 1.88. The molecule has 0 unspecified atom stereocenters. The fourth-order valence-electron chi connectivity index (χ4n) is 1.81. The zero-order valence-corrected chi connectivity index (χ0v) is 13.3. The normalized spacial score (nSPS) is 10.2. The molecular weight excluding hydrogens is 358 g/mol. The van der Waals surface area contributed by atoms with Crippen LogP contribution in [0.1, 0.15) is 26.3 Å². The molecule has 108 valence electrons. The molecule has 0 saturated carbocycles. The Labute approximate surface area is 134 Å². The van der Waals surface area contributed by atoms with Crippen LogP contribution in [0.4, 0.5) is 5.69 Å². The number of benzene rings is 2. The zero-order chi connectivity index (χ0) is 15.6. The lowest BCUT2D eigenvalue weighted by Crippen LogP contribution is -2.13. The van der Waals surface area contributed by atoms with E-state index in [-0.39, 0.29) is 16.5 Å². The number of hydrogen-bond acceptors (Lipinski definition) is 2. The summed E-state index contributed by atoms with van der Waals surface area (Å²) in [7, 11) is 0. The minimum absolute atomic E-state index is 0.0149. The second-order valence-electron chi connectivity index (χ2n) is 4.42. The first-order chi connectivity index (χ1) is 9.88. The number of hydrogen-bond donors (Lipinski definition) is 2. The summed E-state index contributed by atoms with van der Waals surface area (Å²) in [6, 6.07) is 9.50. The molecule has 0 bridgehead atoms. The van der Waals surface area contributed by atoms with Crippen molar-refractivity contribution in [1.82, 2.24) is 0 Å². The Kier molecular flexibility index (Phi) is 4.65. The van der Waals surface area contributed by atoms with Crippen molar-refractivity contribution < 1.29 is 14.7 Å². The smallest absolute Gasteiger partial charge is 0.335 e. The molecule has 0 fully saturated rings. The number of carboxylic acids is 1. The van der Waals surface area contributed by atoms with Gasteiger partial charge in [0.15, 0.2) is 0 Å². The van der Waals surface area contributed by atoms with Crippen LogP contribution in [0.15, 0.2) is 40.9 Å². The lowest BCUT2D eigenvalue weighted by atomic mass is 10.1. The molecule has 0 spiro atoms. The molecule has 2 aromatic rings. The quantitative estimate of drug-likeness (QED) is 0.846. The van der Waals surface area contributed by atoms with E-state index in [0.717, 1.165) is 5.56 Å². The first-order valence-corrected chi connectivity index (χ1v) is 7.16. The van der Waals surface area contributed by atoms with Gasteiger partial charge in [-0.1, -0.05) is 23.7 Å². The monoisotopic (exact) mass is 367 g/mol. The summed E-state index contributed by atoms with van der Waals surface area (Å²) in [5.41, 5.74) is 1.74. The summed E-state index contributed by atoms with van der Waals surface area (Å²) < 4.78 is 0.697. The largest absolute Gasteiger partial charge is 0.478 e. The fraction of sp³-hybridized carbons (Fsp3) is 0.0667. The van der Waals surface area contributed by atoms with Gasteiger partial charge in [-0.15, -0.1) is 0 Å². The maximum Gasteiger partial charge on any atom is 0.335 e. The molecule has 2 N–H and O–H groups in total. The summed E-state index contributed by atoms with van der Waals surface area (Å²) in [4.78, 5) is 23.2. The molecule has 0 aliphatic rings. The van der Waals surface area contributed by atoms with Gasteiger partial charge in [0, 0.05) is 15.2 Å². The van der Waals surface area contributed by atoms with Crippen molar-refractivity contribution in [3.05, 3.63) is 62.6 Å². The molecule has 2 rings (SSSR count). The zero-order valence-electron chi connectivity index (χ0n) is 11.0. The van der Waals surface area contributed by atoms with Gasteiger partial charge < -0.3 is 10.4 Å². The van der Waals surface area contributed by atoms with E-state index < -0.39 is 5.97 Å². The van der Waals surface area contributed by atoms with Crippen molar-refractivity contribution >= 4 is 45.1 Å². The molecule has 2 aromatic carbocycles. The third kappa shape index (κ3) is 3.62. The number of anilines is 1. The number of carbonyl (C=O) groups is 2. The van der Waals surface area contributed by atoms with Crippen molar-refractivity contribution in [1.29, 1.82) is 0 Å². The van der Waals surface area contributed by atoms with Gasteiger partial charge in [-0.25, -0.2) is 4.79 Å². The van der Waals surface area contributed by atoms with Gasteiger partial charge in [-0.3, -0.25) is 4.79 Å². The van der Waals surface area contributed by atoms with Gasteiger partial charge in [0.25, 0.3) is 5.91 Å². The van der Waals surface area contributed by atoms with Crippen LogP contribution in [0.2, 0.25) is 5.02 Å². The first kappa shape index (κ1) is 15.5. The fourth-order valence-corrected chi connectivity index (χ4v) is 2.49. The molecule has 0 atom stereocenters. The van der Waals surface area contributed by atoms with Gasteiger partial charge in [0.05, 0.1) is 11.1 Å². The van der Waals surface area contributed by atoms with Crippen LogP contribution in [0.3, 0.4) is 0 Å². The second kappa shape index (κ2) is 6.28. The predicted molar refractivity (Wildman–Crippen MR) is 85.2 cm³/mol. The van der Waals surface area contributed by atoms with Gasteiger partial charge >= 0.3 is 5.97 Å². The summed E-state index contributed by atoms with van der Waals surface area (Å²) in [5, 5.41) is 11.9. The van der Waals surface area contributed by atoms with Gasteiger partial charge in [-0.2, -0.15) is 0 Å². The lowest BCUT2D eigenvalue weighted by Gasteiger charge is -2.09. The average molecular weight is 369 g/mol. The summed E-state index contributed by atoms with van der Waals surface area (Å²) in [5.74, 6) is -1.45. The van der Waals surface area contributed by atoms with E-state index in [9.17, 15) is 9.59 Å². The Morgan fingerprint density at radius 3 is 2.62 bits per heavy atom. The number of aromatic carboxylic acids is 1. The van der Waals surface area contributed by atoms with Crippen LogP contribution in [0.5, 0.6) is 0 Å². The highest BCUT2D eigenvalue weighted by Gasteiger charge is 2.13. The number of carboxylic acid groups (broad SMARTS) is 1. The Balaban J connectivity index is 2.31. The molecule has 4 nitrogen and oxygen atoms in total. The van der Waals surface area contributed by atoms with Crippen molar-refractivity contribution in [2.75, 3.05) is 5.32 Å².